The van der Waals surface area contributed by atoms with Crippen molar-refractivity contribution >= 4 is 17.4 Å². The summed E-state index contributed by atoms with van der Waals surface area (Å²) in [6.07, 6.45) is 0. The molecular formula is C14H10ClFO. The predicted molar refractivity (Wildman–Crippen MR) is 66.0 cm³/mol. The van der Waals surface area contributed by atoms with E-state index < -0.39 is 5.82 Å². The molecule has 0 bridgehead atoms. The lowest BCUT2D eigenvalue weighted by Crippen LogP contribution is -2.04. The zero-order chi connectivity index (χ0) is 12.4. The molecule has 0 aliphatic carbocycles. The standard InChI is InChI=1S/C14H10ClFO/c1-9-3-2-4-10(7-9)14(17)12-8-11(15)5-6-13(12)16/h2-8H,1H3. The first kappa shape index (κ1) is 11.8. The molecule has 17 heavy (non-hydrogen) atoms. The Morgan fingerprint density at radius 3 is 2.65 bits per heavy atom. The summed E-state index contributed by atoms with van der Waals surface area (Å²) in [5.41, 5.74) is 1.42. The van der Waals surface area contributed by atoms with Crippen LogP contribution in [0.4, 0.5) is 4.39 Å². The quantitative estimate of drug-likeness (QED) is 0.734. The van der Waals surface area contributed by atoms with E-state index in [1.54, 1.807) is 18.2 Å². The molecule has 0 unspecified atom stereocenters. The molecule has 0 heterocycles. The highest BCUT2D eigenvalue weighted by atomic mass is 35.5. The van der Waals surface area contributed by atoms with Gasteiger partial charge in [-0.1, -0.05) is 35.4 Å². The molecule has 2 aromatic carbocycles. The zero-order valence-electron chi connectivity index (χ0n) is 9.21. The Balaban J connectivity index is 2.47. The molecule has 0 saturated heterocycles. The van der Waals surface area contributed by atoms with Gasteiger partial charge in [-0.05, 0) is 31.2 Å². The highest BCUT2D eigenvalue weighted by Gasteiger charge is 2.14. The Kier molecular flexibility index (Phi) is 3.25. The van der Waals surface area contributed by atoms with Gasteiger partial charge in [-0.25, -0.2) is 4.39 Å². The lowest BCUT2D eigenvalue weighted by atomic mass is 10.0. The molecule has 1 nitrogen and oxygen atoms in total. The molecule has 0 atom stereocenters. The largest absolute Gasteiger partial charge is 0.288 e. The molecule has 0 amide bonds. The van der Waals surface area contributed by atoms with Gasteiger partial charge in [-0.2, -0.15) is 0 Å². The number of aryl methyl sites for hydroxylation is 1. The van der Waals surface area contributed by atoms with E-state index in [-0.39, 0.29) is 11.3 Å². The highest BCUT2D eigenvalue weighted by Crippen LogP contribution is 2.18. The number of hydrogen-bond acceptors (Lipinski definition) is 1. The number of hydrogen-bond donors (Lipinski definition) is 0. The van der Waals surface area contributed by atoms with Crippen LogP contribution in [0.2, 0.25) is 5.02 Å². The minimum absolute atomic E-state index is 0.00287. The Morgan fingerprint density at radius 1 is 1.18 bits per heavy atom. The van der Waals surface area contributed by atoms with Crippen molar-refractivity contribution in [3.8, 4) is 0 Å². The Morgan fingerprint density at radius 2 is 1.94 bits per heavy atom. The molecule has 0 aromatic heterocycles. The molecule has 0 aliphatic rings. The number of carbonyl (C=O) groups excluding carboxylic acids is 1. The van der Waals surface area contributed by atoms with Crippen molar-refractivity contribution in [1.29, 1.82) is 0 Å². The van der Waals surface area contributed by atoms with Crippen LogP contribution in [0.1, 0.15) is 21.5 Å². The van der Waals surface area contributed by atoms with Gasteiger partial charge in [0, 0.05) is 10.6 Å². The number of halogens is 2. The lowest BCUT2D eigenvalue weighted by molar-refractivity contribution is 0.103. The van der Waals surface area contributed by atoms with Gasteiger partial charge in [-0.3, -0.25) is 4.79 Å². The van der Waals surface area contributed by atoms with E-state index in [0.29, 0.717) is 10.6 Å². The topological polar surface area (TPSA) is 17.1 Å². The molecule has 0 aliphatic heterocycles. The van der Waals surface area contributed by atoms with Crippen LogP contribution >= 0.6 is 11.6 Å². The maximum Gasteiger partial charge on any atom is 0.196 e. The third kappa shape index (κ3) is 2.53. The van der Waals surface area contributed by atoms with Gasteiger partial charge < -0.3 is 0 Å². The van der Waals surface area contributed by atoms with Gasteiger partial charge in [0.25, 0.3) is 0 Å². The second kappa shape index (κ2) is 4.68. The average Bonchev–Trinajstić information content (AvgIpc) is 2.31. The highest BCUT2D eigenvalue weighted by molar-refractivity contribution is 6.31. The van der Waals surface area contributed by atoms with Crippen molar-refractivity contribution in [2.45, 2.75) is 6.92 Å². The Labute approximate surface area is 104 Å². The molecule has 2 aromatic rings. The second-order valence-electron chi connectivity index (χ2n) is 3.82. The lowest BCUT2D eigenvalue weighted by Gasteiger charge is -2.04. The summed E-state index contributed by atoms with van der Waals surface area (Å²) in [4.78, 5) is 12.1. The summed E-state index contributed by atoms with van der Waals surface area (Å²) in [6, 6.07) is 11.0. The van der Waals surface area contributed by atoms with E-state index in [0.717, 1.165) is 5.56 Å². The number of ketones is 1. The monoisotopic (exact) mass is 248 g/mol. The summed E-state index contributed by atoms with van der Waals surface area (Å²) in [5.74, 6) is -0.908. The SMILES string of the molecule is Cc1cccc(C(=O)c2cc(Cl)ccc2F)c1. The fraction of sp³-hybridized carbons (Fsp3) is 0.0714. The first-order valence-corrected chi connectivity index (χ1v) is 5.52. The Bertz CT molecular complexity index is 578. The third-order valence-corrected chi connectivity index (χ3v) is 2.69. The Hall–Kier alpha value is -1.67. The summed E-state index contributed by atoms with van der Waals surface area (Å²) in [7, 11) is 0. The smallest absolute Gasteiger partial charge is 0.196 e. The number of benzene rings is 2. The van der Waals surface area contributed by atoms with Crippen LogP contribution in [0, 0.1) is 12.7 Å². The van der Waals surface area contributed by atoms with Crippen LogP contribution in [-0.2, 0) is 0 Å². The maximum atomic E-state index is 13.5. The summed E-state index contributed by atoms with van der Waals surface area (Å²) >= 11 is 5.76. The van der Waals surface area contributed by atoms with Crippen molar-refractivity contribution in [1.82, 2.24) is 0 Å². The van der Waals surface area contributed by atoms with Gasteiger partial charge in [0.2, 0.25) is 0 Å². The maximum absolute atomic E-state index is 13.5. The van der Waals surface area contributed by atoms with Crippen molar-refractivity contribution in [2.75, 3.05) is 0 Å². The van der Waals surface area contributed by atoms with Crippen molar-refractivity contribution in [2.24, 2.45) is 0 Å². The first-order valence-electron chi connectivity index (χ1n) is 5.14. The normalized spacial score (nSPS) is 10.3. The van der Waals surface area contributed by atoms with Crippen molar-refractivity contribution in [3.05, 3.63) is 70.0 Å². The number of carbonyl (C=O) groups is 1. The minimum atomic E-state index is -0.555. The molecule has 0 saturated carbocycles. The van der Waals surface area contributed by atoms with Gasteiger partial charge in [-0.15, -0.1) is 0 Å². The van der Waals surface area contributed by atoms with Crippen LogP contribution in [0.15, 0.2) is 42.5 Å². The van der Waals surface area contributed by atoms with E-state index in [2.05, 4.69) is 0 Å². The van der Waals surface area contributed by atoms with E-state index >= 15 is 0 Å². The van der Waals surface area contributed by atoms with Gasteiger partial charge >= 0.3 is 0 Å². The van der Waals surface area contributed by atoms with Gasteiger partial charge in [0.05, 0.1) is 5.56 Å². The fourth-order valence-electron chi connectivity index (χ4n) is 1.61. The zero-order valence-corrected chi connectivity index (χ0v) is 9.96. The van der Waals surface area contributed by atoms with E-state index in [9.17, 15) is 9.18 Å². The predicted octanol–water partition coefficient (Wildman–Crippen LogP) is 4.02. The molecule has 0 N–H and O–H groups in total. The van der Waals surface area contributed by atoms with Crippen LogP contribution in [0.25, 0.3) is 0 Å². The number of rotatable bonds is 2. The molecule has 0 spiro atoms. The summed E-state index contributed by atoms with van der Waals surface area (Å²) in [6.45, 7) is 1.88. The first-order chi connectivity index (χ1) is 8.08. The van der Waals surface area contributed by atoms with E-state index in [4.69, 9.17) is 11.6 Å². The van der Waals surface area contributed by atoms with E-state index in [1.165, 1.54) is 18.2 Å². The van der Waals surface area contributed by atoms with Crippen molar-refractivity contribution < 1.29 is 9.18 Å². The fourth-order valence-corrected chi connectivity index (χ4v) is 1.79. The molecule has 0 radical (unpaired) electrons. The molecular weight excluding hydrogens is 239 g/mol. The minimum Gasteiger partial charge on any atom is -0.288 e. The second-order valence-corrected chi connectivity index (χ2v) is 4.26. The average molecular weight is 249 g/mol. The van der Waals surface area contributed by atoms with Crippen LogP contribution in [-0.4, -0.2) is 5.78 Å². The van der Waals surface area contributed by atoms with Gasteiger partial charge in [0.1, 0.15) is 5.82 Å². The van der Waals surface area contributed by atoms with Crippen molar-refractivity contribution in [3.63, 3.8) is 0 Å². The summed E-state index contributed by atoms with van der Waals surface area (Å²) < 4.78 is 13.5. The molecule has 3 heteroatoms. The van der Waals surface area contributed by atoms with Gasteiger partial charge in [0.15, 0.2) is 5.78 Å². The van der Waals surface area contributed by atoms with Crippen LogP contribution in [0.5, 0.6) is 0 Å². The molecule has 86 valence electrons. The molecule has 0 fully saturated rings. The van der Waals surface area contributed by atoms with Crippen LogP contribution in [0.3, 0.4) is 0 Å². The van der Waals surface area contributed by atoms with E-state index in [1.807, 2.05) is 13.0 Å². The molecule has 2 rings (SSSR count). The van der Waals surface area contributed by atoms with Crippen LogP contribution < -0.4 is 0 Å². The third-order valence-electron chi connectivity index (χ3n) is 2.45. The summed E-state index contributed by atoms with van der Waals surface area (Å²) in [5, 5.41) is 0.349.